The Kier molecular flexibility index (Phi) is 20.6. The van der Waals surface area contributed by atoms with Gasteiger partial charge in [0.05, 0.1) is 32.7 Å². The van der Waals surface area contributed by atoms with E-state index in [-0.39, 0.29) is 49.4 Å². The lowest BCUT2D eigenvalue weighted by atomic mass is 9.92. The third-order valence-corrected chi connectivity index (χ3v) is 10.8. The number of nitrogens with zero attached hydrogens (tertiary/aromatic N) is 4. The minimum absolute atomic E-state index is 0.000518. The Balaban J connectivity index is 1.57. The fraction of sp³-hybridized carbons (Fsp3) is 0.385. The number of ether oxygens (including phenoxy) is 1. The summed E-state index contributed by atoms with van der Waals surface area (Å²) in [6.45, 7) is 14.7. The van der Waals surface area contributed by atoms with Crippen molar-refractivity contribution in [1.29, 1.82) is 0 Å². The fourth-order valence-electron chi connectivity index (χ4n) is 7.95. The van der Waals surface area contributed by atoms with E-state index in [1.54, 1.807) is 18.4 Å². The molecule has 7 N–H and O–H groups in total. The Bertz CT molecular complexity index is 2200. The zero-order valence-corrected chi connectivity index (χ0v) is 38.3. The smallest absolute Gasteiger partial charge is 0.128 e. The van der Waals surface area contributed by atoms with Gasteiger partial charge >= 0.3 is 0 Å². The van der Waals surface area contributed by atoms with Gasteiger partial charge in [-0.1, -0.05) is 42.5 Å². The maximum atomic E-state index is 11.9. The fourth-order valence-corrected chi connectivity index (χ4v) is 7.95. The molecule has 0 aliphatic heterocycles. The monoisotopic (exact) mass is 879 g/mol. The molecule has 0 amide bonds. The van der Waals surface area contributed by atoms with Gasteiger partial charge in [0.25, 0.3) is 0 Å². The van der Waals surface area contributed by atoms with E-state index in [0.29, 0.717) is 111 Å². The molecular weight excluding hydrogens is 809 g/mol. The summed E-state index contributed by atoms with van der Waals surface area (Å²) in [5.74, 6) is 0.266. The lowest BCUT2D eigenvalue weighted by Crippen LogP contribution is -2.30. The lowest BCUT2D eigenvalue weighted by Gasteiger charge is -2.24. The first-order valence-corrected chi connectivity index (χ1v) is 21.8. The Morgan fingerprint density at radius 3 is 1.08 bits per heavy atom. The molecule has 0 fully saturated rings. The van der Waals surface area contributed by atoms with Gasteiger partial charge in [-0.15, -0.1) is 19.7 Å². The van der Waals surface area contributed by atoms with Crippen molar-refractivity contribution in [3.63, 3.8) is 0 Å². The molecule has 0 heterocycles. The second-order valence-corrected chi connectivity index (χ2v) is 16.7. The lowest BCUT2D eigenvalue weighted by molar-refractivity contribution is 0.145. The van der Waals surface area contributed by atoms with Crippen LogP contribution in [-0.2, 0) is 56.6 Å². The first kappa shape index (κ1) is 51.2. The van der Waals surface area contributed by atoms with Crippen LogP contribution >= 0.6 is 0 Å². The van der Waals surface area contributed by atoms with Gasteiger partial charge in [0, 0.05) is 96.9 Å². The molecule has 0 radical (unpaired) electrons. The number of phenols is 4. The highest BCUT2D eigenvalue weighted by Gasteiger charge is 2.22. The Morgan fingerprint density at radius 2 is 0.766 bits per heavy atom. The van der Waals surface area contributed by atoms with E-state index in [0.717, 1.165) is 33.4 Å². The van der Waals surface area contributed by atoms with E-state index in [1.165, 1.54) is 0 Å². The standard InChI is InChI=1S/C52H70N4O8/c1-8-12-37-25-41(33-53(4)5)49(60)45(29-37)48-32-40(28-42(50(48)61)34-54(6)7)15-11-23-64-24-19-56(18-22-59)36-44-27-39(14-10-3)31-47(52(44)63)46-30-38(13-9-2)26-43(51(46)62)35-55(16-20-57)17-21-58/h8-11,23,25-32,57-63H,1-3,12-22,24,33-36H2,4-7H3/b23-11+. The van der Waals surface area contributed by atoms with Crippen LogP contribution in [0, 0.1) is 0 Å². The van der Waals surface area contributed by atoms with Gasteiger partial charge in [-0.05, 0) is 106 Å². The number of aliphatic hydroxyl groups is 3. The predicted molar refractivity (Wildman–Crippen MR) is 258 cm³/mol. The van der Waals surface area contributed by atoms with E-state index in [9.17, 15) is 35.7 Å². The van der Waals surface area contributed by atoms with Crippen LogP contribution in [0.2, 0.25) is 0 Å². The van der Waals surface area contributed by atoms with Crippen molar-refractivity contribution in [2.24, 2.45) is 0 Å². The van der Waals surface area contributed by atoms with E-state index in [4.69, 9.17) is 4.74 Å². The third-order valence-electron chi connectivity index (χ3n) is 10.8. The maximum Gasteiger partial charge on any atom is 0.128 e. The van der Waals surface area contributed by atoms with Gasteiger partial charge in [0.2, 0.25) is 0 Å². The molecule has 0 bridgehead atoms. The number of hydrogen-bond donors (Lipinski definition) is 7. The summed E-state index contributed by atoms with van der Waals surface area (Å²) in [5, 5.41) is 75.8. The van der Waals surface area contributed by atoms with E-state index < -0.39 is 0 Å². The van der Waals surface area contributed by atoms with Crippen molar-refractivity contribution >= 4 is 0 Å². The molecule has 0 unspecified atom stereocenters. The minimum atomic E-state index is -0.108. The molecule has 4 aromatic carbocycles. The van der Waals surface area contributed by atoms with Crippen LogP contribution < -0.4 is 0 Å². The Morgan fingerprint density at radius 1 is 0.453 bits per heavy atom. The molecule has 0 saturated carbocycles. The molecule has 4 rings (SSSR count). The third kappa shape index (κ3) is 14.5. The summed E-state index contributed by atoms with van der Waals surface area (Å²) in [4.78, 5) is 7.82. The molecule has 0 aliphatic carbocycles. The number of phenolic OH excluding ortho intramolecular Hbond substituents is 4. The molecule has 0 spiro atoms. The average molecular weight is 879 g/mol. The first-order chi connectivity index (χ1) is 30.8. The first-order valence-electron chi connectivity index (χ1n) is 21.8. The van der Waals surface area contributed by atoms with Crippen molar-refractivity contribution < 1.29 is 40.5 Å². The van der Waals surface area contributed by atoms with Crippen LogP contribution in [-0.4, -0.2) is 136 Å². The van der Waals surface area contributed by atoms with Crippen molar-refractivity contribution in [2.75, 3.05) is 80.8 Å². The van der Waals surface area contributed by atoms with Gasteiger partial charge in [-0.25, -0.2) is 0 Å². The highest BCUT2D eigenvalue weighted by Crippen LogP contribution is 2.43. The van der Waals surface area contributed by atoms with E-state index in [2.05, 4.69) is 19.7 Å². The second kappa shape index (κ2) is 25.8. The van der Waals surface area contributed by atoms with Crippen molar-refractivity contribution in [1.82, 2.24) is 19.6 Å². The van der Waals surface area contributed by atoms with Crippen LogP contribution in [0.25, 0.3) is 22.3 Å². The van der Waals surface area contributed by atoms with Crippen LogP contribution in [0.1, 0.15) is 44.5 Å². The molecule has 12 heteroatoms. The van der Waals surface area contributed by atoms with Gasteiger partial charge in [0.1, 0.15) is 23.0 Å². The van der Waals surface area contributed by atoms with Gasteiger partial charge in [-0.3, -0.25) is 9.80 Å². The van der Waals surface area contributed by atoms with Crippen LogP contribution in [0.5, 0.6) is 23.0 Å². The summed E-state index contributed by atoms with van der Waals surface area (Å²) in [6, 6.07) is 15.3. The number of hydrogen-bond acceptors (Lipinski definition) is 12. The molecular formula is C52H70N4O8. The Hall–Kier alpha value is -5.44. The molecule has 0 atom stereocenters. The normalized spacial score (nSPS) is 11.7. The summed E-state index contributed by atoms with van der Waals surface area (Å²) >= 11 is 0. The van der Waals surface area contributed by atoms with Crippen LogP contribution in [0.15, 0.2) is 98.8 Å². The van der Waals surface area contributed by atoms with Crippen molar-refractivity contribution in [2.45, 2.75) is 51.9 Å². The SMILES string of the molecule is C=CCc1cc(CN(C)C)c(O)c(-c2cc(C/C=C/OCCN(CCO)Cc3cc(CC=C)cc(-c4cc(CC=C)cc(CN(CCO)CCO)c4O)c3O)cc(CN(C)C)c2O)c1. The molecule has 0 saturated heterocycles. The zero-order valence-electron chi connectivity index (χ0n) is 38.3. The minimum Gasteiger partial charge on any atom is -0.507 e. The molecule has 12 nitrogen and oxygen atoms in total. The van der Waals surface area contributed by atoms with Crippen molar-refractivity contribution in [3.8, 4) is 45.3 Å². The molecule has 0 aromatic heterocycles. The summed E-state index contributed by atoms with van der Waals surface area (Å²) in [6.07, 6.45) is 11.1. The molecule has 346 valence electrons. The van der Waals surface area contributed by atoms with E-state index >= 15 is 0 Å². The van der Waals surface area contributed by atoms with Crippen LogP contribution in [0.3, 0.4) is 0 Å². The van der Waals surface area contributed by atoms with E-state index in [1.807, 2.05) is 108 Å². The summed E-state index contributed by atoms with van der Waals surface area (Å²) in [7, 11) is 7.77. The van der Waals surface area contributed by atoms with Gasteiger partial charge in [-0.2, -0.15) is 0 Å². The molecule has 0 aliphatic rings. The van der Waals surface area contributed by atoms with Crippen molar-refractivity contribution in [3.05, 3.63) is 143 Å². The second-order valence-electron chi connectivity index (χ2n) is 16.7. The number of rotatable bonds is 28. The number of allylic oxidation sites excluding steroid dienone is 4. The predicted octanol–water partition coefficient (Wildman–Crippen LogP) is 6.51. The topological polar surface area (TPSA) is 164 Å². The quantitative estimate of drug-likeness (QED) is 0.0189. The summed E-state index contributed by atoms with van der Waals surface area (Å²) in [5.41, 5.74) is 8.43. The maximum absolute atomic E-state index is 11.9. The summed E-state index contributed by atoms with van der Waals surface area (Å²) < 4.78 is 5.97. The number of benzene rings is 4. The van der Waals surface area contributed by atoms with Gasteiger partial charge in [0.15, 0.2) is 0 Å². The number of aromatic hydroxyl groups is 4. The zero-order chi connectivity index (χ0) is 46.8. The number of aliphatic hydroxyl groups excluding tert-OH is 3. The largest absolute Gasteiger partial charge is 0.507 e. The van der Waals surface area contributed by atoms with Crippen LogP contribution in [0.4, 0.5) is 0 Å². The molecule has 4 aromatic rings. The Labute approximate surface area is 380 Å². The average Bonchev–Trinajstić information content (AvgIpc) is 3.23. The highest BCUT2D eigenvalue weighted by atomic mass is 16.5. The molecule has 64 heavy (non-hydrogen) atoms. The van der Waals surface area contributed by atoms with Gasteiger partial charge < -0.3 is 50.3 Å². The highest BCUT2D eigenvalue weighted by molar-refractivity contribution is 5.80.